The molecule has 4 atom stereocenters. The number of thioether (sulfide) groups is 1. The molecule has 2 N–H and O–H groups in total. The Morgan fingerprint density at radius 1 is 1.28 bits per heavy atom. The molecule has 3 aliphatic heterocycles. The number of benzene rings is 1. The first-order valence-corrected chi connectivity index (χ1v) is 12.8. The first kappa shape index (κ1) is 23.2. The van der Waals surface area contributed by atoms with E-state index in [9.17, 15) is 9.59 Å². The van der Waals surface area contributed by atoms with Gasteiger partial charge in [0.05, 0.1) is 17.2 Å². The van der Waals surface area contributed by atoms with E-state index in [0.717, 1.165) is 64.9 Å². The van der Waals surface area contributed by atoms with Gasteiger partial charge in [-0.1, -0.05) is 34.1 Å². The van der Waals surface area contributed by atoms with Gasteiger partial charge in [-0.15, -0.1) is 11.8 Å². The van der Waals surface area contributed by atoms with E-state index in [1.54, 1.807) is 0 Å². The first-order valence-electron chi connectivity index (χ1n) is 10.8. The number of aliphatic carboxylic acids is 1. The van der Waals surface area contributed by atoms with Crippen molar-refractivity contribution in [3.05, 3.63) is 46.3 Å². The molecule has 1 aromatic carbocycles. The van der Waals surface area contributed by atoms with Gasteiger partial charge in [-0.2, -0.15) is 0 Å². The lowest BCUT2D eigenvalue weighted by molar-refractivity contribution is -0.133. The van der Waals surface area contributed by atoms with Gasteiger partial charge in [0, 0.05) is 40.8 Å². The molecule has 9 heteroatoms. The molecule has 0 saturated carbocycles. The average Bonchev–Trinajstić information content (AvgIpc) is 2.77. The number of carboxylic acids is 1. The van der Waals surface area contributed by atoms with Crippen LogP contribution in [0.4, 0.5) is 0 Å². The number of rotatable bonds is 8. The number of aromatic nitrogens is 2. The highest BCUT2D eigenvalue weighted by molar-refractivity contribution is 9.10. The Labute approximate surface area is 200 Å². The Kier molecular flexibility index (Phi) is 7.48. The number of hydrogen-bond donors (Lipinski definition) is 2. The highest BCUT2D eigenvalue weighted by atomic mass is 79.9. The monoisotopic (exact) mass is 518 g/mol. The van der Waals surface area contributed by atoms with Gasteiger partial charge < -0.3 is 10.4 Å². The molecule has 1 aromatic heterocycles. The number of amides is 1. The lowest BCUT2D eigenvalue weighted by atomic mass is 9.74. The number of nitrogens with zero attached hydrogens (tertiary/aromatic N) is 3. The van der Waals surface area contributed by atoms with E-state index >= 15 is 0 Å². The molecule has 2 bridgehead atoms. The first-order chi connectivity index (χ1) is 15.4. The fourth-order valence-electron chi connectivity index (χ4n) is 4.79. The summed E-state index contributed by atoms with van der Waals surface area (Å²) in [7, 11) is 0. The Bertz CT molecular complexity index is 1000. The number of carboxylic acid groups (broad SMARTS) is 1. The van der Waals surface area contributed by atoms with Crippen LogP contribution in [0.5, 0.6) is 0 Å². The van der Waals surface area contributed by atoms with Crippen LogP contribution in [0.2, 0.25) is 0 Å². The van der Waals surface area contributed by atoms with Crippen LogP contribution in [0.3, 0.4) is 0 Å². The largest absolute Gasteiger partial charge is 0.481 e. The number of aryl methyl sites for hydroxylation is 1. The Balaban J connectivity index is 1.40. The summed E-state index contributed by atoms with van der Waals surface area (Å²) < 4.78 is 1.02. The molecule has 3 saturated heterocycles. The lowest BCUT2D eigenvalue weighted by Crippen LogP contribution is -2.56. The van der Waals surface area contributed by atoms with Gasteiger partial charge in [0.25, 0.3) is 0 Å². The molecule has 3 aliphatic rings. The number of hydrogen-bond acceptors (Lipinski definition) is 6. The maximum absolute atomic E-state index is 12.0. The van der Waals surface area contributed by atoms with Crippen LogP contribution in [0, 0.1) is 12.8 Å². The number of fused-ring (bicyclic) bond motifs is 3. The summed E-state index contributed by atoms with van der Waals surface area (Å²) in [5.41, 5.74) is 3.12. The van der Waals surface area contributed by atoms with Crippen molar-refractivity contribution in [3.8, 4) is 11.3 Å². The zero-order valence-corrected chi connectivity index (χ0v) is 20.4. The van der Waals surface area contributed by atoms with Crippen LogP contribution in [0.1, 0.15) is 30.3 Å². The topological polar surface area (TPSA) is 95.4 Å². The van der Waals surface area contributed by atoms with Crippen LogP contribution in [0.15, 0.2) is 34.8 Å². The third kappa shape index (κ3) is 5.50. The molecule has 4 heterocycles. The summed E-state index contributed by atoms with van der Waals surface area (Å²) >= 11 is 4.76. The quantitative estimate of drug-likeness (QED) is 0.553. The normalized spacial score (nSPS) is 24.3. The number of nitrogens with one attached hydrogen (secondary N) is 1. The van der Waals surface area contributed by atoms with Gasteiger partial charge in [-0.25, -0.2) is 9.97 Å². The van der Waals surface area contributed by atoms with Gasteiger partial charge in [-0.05, 0) is 44.4 Å². The molecule has 4 unspecified atom stereocenters. The van der Waals surface area contributed by atoms with E-state index in [2.05, 4.69) is 43.3 Å². The summed E-state index contributed by atoms with van der Waals surface area (Å²) in [5, 5.41) is 11.7. The maximum atomic E-state index is 12.0. The molecule has 0 spiro atoms. The zero-order valence-electron chi connectivity index (χ0n) is 18.0. The average molecular weight is 519 g/mol. The van der Waals surface area contributed by atoms with Crippen molar-refractivity contribution in [2.24, 2.45) is 5.92 Å². The second-order valence-corrected chi connectivity index (χ2v) is 10.3. The van der Waals surface area contributed by atoms with Crippen molar-refractivity contribution in [2.45, 2.75) is 31.7 Å². The van der Waals surface area contributed by atoms with Crippen molar-refractivity contribution < 1.29 is 14.7 Å². The van der Waals surface area contributed by atoms with E-state index in [1.165, 1.54) is 0 Å². The summed E-state index contributed by atoms with van der Waals surface area (Å²) in [6, 6.07) is 10.6. The standard InChI is InChI=1S/C23H27BrN4O3S/c1-14-26-20(17-4-2-3-5-19(17)24)9-21(27-14)18-11-28-7-6-15(18)8-16(28)10-25-22(29)12-32-13-23(30)31/h2-5,9,15-16,18H,6-8,10-13H2,1H3,(H,25,29)(H,30,31). The van der Waals surface area contributed by atoms with Gasteiger partial charge in [0.2, 0.25) is 5.91 Å². The van der Waals surface area contributed by atoms with Crippen molar-refractivity contribution in [2.75, 3.05) is 31.1 Å². The molecule has 5 rings (SSSR count). The number of piperidine rings is 3. The number of carbonyl (C=O) groups excluding carboxylic acids is 1. The van der Waals surface area contributed by atoms with Crippen LogP contribution < -0.4 is 5.32 Å². The summed E-state index contributed by atoms with van der Waals surface area (Å²) in [5.74, 6) is 0.824. The van der Waals surface area contributed by atoms with Gasteiger partial charge >= 0.3 is 5.97 Å². The molecule has 0 aliphatic carbocycles. The molecule has 2 aromatic rings. The van der Waals surface area contributed by atoms with Gasteiger partial charge in [-0.3, -0.25) is 14.5 Å². The van der Waals surface area contributed by atoms with Crippen LogP contribution >= 0.6 is 27.7 Å². The van der Waals surface area contributed by atoms with Crippen molar-refractivity contribution >= 4 is 39.6 Å². The zero-order chi connectivity index (χ0) is 22.7. The molecule has 170 valence electrons. The smallest absolute Gasteiger partial charge is 0.313 e. The summed E-state index contributed by atoms with van der Waals surface area (Å²) in [6.07, 6.45) is 2.16. The molecular weight excluding hydrogens is 492 g/mol. The van der Waals surface area contributed by atoms with Crippen LogP contribution in [0.25, 0.3) is 11.3 Å². The van der Waals surface area contributed by atoms with Crippen LogP contribution in [-0.4, -0.2) is 69.0 Å². The van der Waals surface area contributed by atoms with Gasteiger partial charge in [0.15, 0.2) is 0 Å². The van der Waals surface area contributed by atoms with E-state index in [1.807, 2.05) is 25.1 Å². The fraction of sp³-hybridized carbons (Fsp3) is 0.478. The minimum absolute atomic E-state index is 0.0490. The lowest BCUT2D eigenvalue weighted by Gasteiger charge is -2.49. The van der Waals surface area contributed by atoms with Gasteiger partial charge in [0.1, 0.15) is 5.82 Å². The van der Waals surface area contributed by atoms with Crippen molar-refractivity contribution in [1.29, 1.82) is 0 Å². The maximum Gasteiger partial charge on any atom is 0.313 e. The predicted molar refractivity (Wildman–Crippen MR) is 129 cm³/mol. The highest BCUT2D eigenvalue weighted by Crippen LogP contribution is 2.42. The number of carbonyl (C=O) groups is 2. The van der Waals surface area contributed by atoms with Crippen LogP contribution in [-0.2, 0) is 9.59 Å². The Morgan fingerprint density at radius 3 is 2.81 bits per heavy atom. The summed E-state index contributed by atoms with van der Waals surface area (Å²) in [4.78, 5) is 34.6. The predicted octanol–water partition coefficient (Wildman–Crippen LogP) is 3.33. The molecule has 3 fully saturated rings. The molecule has 1 amide bonds. The van der Waals surface area contributed by atoms with E-state index < -0.39 is 5.97 Å². The molecular formula is C23H27BrN4O3S. The van der Waals surface area contributed by atoms with E-state index in [4.69, 9.17) is 10.1 Å². The van der Waals surface area contributed by atoms with E-state index in [0.29, 0.717) is 24.4 Å². The fourth-order valence-corrected chi connectivity index (χ4v) is 5.84. The Hall–Kier alpha value is -1.97. The van der Waals surface area contributed by atoms with Crippen molar-refractivity contribution in [3.63, 3.8) is 0 Å². The van der Waals surface area contributed by atoms with Crippen molar-refractivity contribution in [1.82, 2.24) is 20.2 Å². The molecule has 0 radical (unpaired) electrons. The second-order valence-electron chi connectivity index (χ2n) is 8.44. The minimum Gasteiger partial charge on any atom is -0.481 e. The van der Waals surface area contributed by atoms with E-state index in [-0.39, 0.29) is 17.4 Å². The SMILES string of the molecule is Cc1nc(-c2ccccc2Br)cc(C2CN3CCC2CC3CNC(=O)CSCC(=O)O)n1. The highest BCUT2D eigenvalue weighted by Gasteiger charge is 2.41. The third-order valence-electron chi connectivity index (χ3n) is 6.26. The molecule has 32 heavy (non-hydrogen) atoms. The Morgan fingerprint density at radius 2 is 2.09 bits per heavy atom. The second kappa shape index (κ2) is 10.3. The summed E-state index contributed by atoms with van der Waals surface area (Å²) in [6.45, 7) is 4.54. The minimum atomic E-state index is -0.896. The molecule has 7 nitrogen and oxygen atoms in total. The third-order valence-corrected chi connectivity index (χ3v) is 7.87. The number of halogens is 1.